The average Bonchev–Trinajstić information content (AvgIpc) is 2.95. The van der Waals surface area contributed by atoms with Crippen LogP contribution in [0.15, 0.2) is 46.9 Å². The molecule has 1 aliphatic heterocycles. The minimum atomic E-state index is -3.01. The van der Waals surface area contributed by atoms with Crippen molar-refractivity contribution < 1.29 is 23.2 Å². The van der Waals surface area contributed by atoms with Crippen molar-refractivity contribution in [2.24, 2.45) is 0 Å². The van der Waals surface area contributed by atoms with Gasteiger partial charge in [0.25, 0.3) is 5.69 Å². The Morgan fingerprint density at radius 2 is 2.00 bits per heavy atom. The summed E-state index contributed by atoms with van der Waals surface area (Å²) in [5, 5.41) is 11.4. The van der Waals surface area contributed by atoms with Gasteiger partial charge < -0.3 is 4.74 Å². The van der Waals surface area contributed by atoms with Gasteiger partial charge in [0.15, 0.2) is 0 Å². The molecule has 0 bridgehead atoms. The number of rotatable bonds is 5. The zero-order chi connectivity index (χ0) is 18.8. The topological polar surface area (TPSA) is 72.7 Å². The van der Waals surface area contributed by atoms with Gasteiger partial charge in [-0.05, 0) is 24.6 Å². The second kappa shape index (κ2) is 7.36. The Bertz CT molecular complexity index is 862. The van der Waals surface area contributed by atoms with Crippen LogP contribution < -0.4 is 9.64 Å². The fraction of sp³-hybridized carbons (Fsp3) is 0.235. The smallest absolute Gasteiger partial charge is 0.387 e. The molecule has 1 saturated heterocycles. The molecule has 1 heterocycles. The average molecular weight is 427 g/mol. The van der Waals surface area contributed by atoms with E-state index in [0.717, 1.165) is 0 Å². The highest BCUT2D eigenvalue weighted by Gasteiger charge is 2.38. The van der Waals surface area contributed by atoms with E-state index in [1.807, 2.05) is 0 Å². The Morgan fingerprint density at radius 1 is 1.27 bits per heavy atom. The van der Waals surface area contributed by atoms with Crippen LogP contribution in [-0.4, -0.2) is 17.4 Å². The molecule has 1 atom stereocenters. The maximum atomic E-state index is 12.7. The largest absolute Gasteiger partial charge is 0.434 e. The van der Waals surface area contributed by atoms with Crippen molar-refractivity contribution in [3.63, 3.8) is 0 Å². The highest BCUT2D eigenvalue weighted by molar-refractivity contribution is 9.10. The van der Waals surface area contributed by atoms with Crippen molar-refractivity contribution in [1.29, 1.82) is 0 Å². The van der Waals surface area contributed by atoms with E-state index in [0.29, 0.717) is 16.5 Å². The fourth-order valence-electron chi connectivity index (χ4n) is 3.08. The molecule has 2 aromatic carbocycles. The molecule has 0 spiro atoms. The highest BCUT2D eigenvalue weighted by Crippen LogP contribution is 2.44. The molecule has 6 nitrogen and oxygen atoms in total. The molecule has 26 heavy (non-hydrogen) atoms. The third-order valence-corrected chi connectivity index (χ3v) is 4.59. The zero-order valence-electron chi connectivity index (χ0n) is 13.3. The SMILES string of the molecule is O=C1CCC(c2ccccc2OC(F)F)N1c1cc(Br)ccc1[N+](=O)[O-]. The van der Waals surface area contributed by atoms with Crippen LogP contribution >= 0.6 is 15.9 Å². The molecular weight excluding hydrogens is 414 g/mol. The summed E-state index contributed by atoms with van der Waals surface area (Å²) < 4.78 is 30.5. The second-order valence-corrected chi connectivity index (χ2v) is 6.54. The number of carbonyl (C=O) groups excluding carboxylic acids is 1. The predicted molar refractivity (Wildman–Crippen MR) is 93.3 cm³/mol. The molecule has 1 amide bonds. The number of amides is 1. The van der Waals surface area contributed by atoms with Crippen LogP contribution in [0.4, 0.5) is 20.2 Å². The van der Waals surface area contributed by atoms with Crippen LogP contribution in [0.3, 0.4) is 0 Å². The van der Waals surface area contributed by atoms with E-state index in [1.54, 1.807) is 18.2 Å². The van der Waals surface area contributed by atoms with E-state index in [4.69, 9.17) is 0 Å². The summed E-state index contributed by atoms with van der Waals surface area (Å²) in [6, 6.07) is 9.80. The number of nitro groups is 1. The second-order valence-electron chi connectivity index (χ2n) is 5.62. The maximum Gasteiger partial charge on any atom is 0.387 e. The zero-order valence-corrected chi connectivity index (χ0v) is 14.9. The molecule has 9 heteroatoms. The van der Waals surface area contributed by atoms with Crippen molar-refractivity contribution in [3.05, 3.63) is 62.6 Å². The third kappa shape index (κ3) is 3.52. The summed E-state index contributed by atoms with van der Waals surface area (Å²) in [6.07, 6.45) is 0.490. The first-order valence-corrected chi connectivity index (χ1v) is 8.47. The summed E-state index contributed by atoms with van der Waals surface area (Å²) >= 11 is 3.25. The van der Waals surface area contributed by atoms with Gasteiger partial charge in [-0.1, -0.05) is 34.1 Å². The first-order valence-electron chi connectivity index (χ1n) is 7.68. The number of carbonyl (C=O) groups is 1. The Morgan fingerprint density at radius 3 is 2.69 bits per heavy atom. The Kier molecular flexibility index (Phi) is 5.17. The number of hydrogen-bond acceptors (Lipinski definition) is 4. The minimum Gasteiger partial charge on any atom is -0.434 e. The molecule has 1 unspecified atom stereocenters. The van der Waals surface area contributed by atoms with E-state index in [9.17, 15) is 23.7 Å². The number of ether oxygens (including phenoxy) is 1. The molecule has 0 aliphatic carbocycles. The number of nitro benzene ring substituents is 1. The van der Waals surface area contributed by atoms with Gasteiger partial charge in [-0.15, -0.1) is 0 Å². The highest BCUT2D eigenvalue weighted by atomic mass is 79.9. The molecule has 3 rings (SSSR count). The van der Waals surface area contributed by atoms with Crippen molar-refractivity contribution in [1.82, 2.24) is 0 Å². The first kappa shape index (κ1) is 18.2. The number of hydrogen-bond donors (Lipinski definition) is 0. The summed E-state index contributed by atoms with van der Waals surface area (Å²) in [4.78, 5) is 24.6. The third-order valence-electron chi connectivity index (χ3n) is 4.10. The van der Waals surface area contributed by atoms with Gasteiger partial charge in [-0.2, -0.15) is 8.78 Å². The summed E-state index contributed by atoms with van der Waals surface area (Å²) in [5.74, 6) is -0.368. The van der Waals surface area contributed by atoms with Crippen LogP contribution in [0.1, 0.15) is 24.4 Å². The number of alkyl halides is 2. The van der Waals surface area contributed by atoms with E-state index >= 15 is 0 Å². The maximum absolute atomic E-state index is 12.7. The number of halogens is 3. The number of anilines is 1. The van der Waals surface area contributed by atoms with Crippen LogP contribution in [0.25, 0.3) is 0 Å². The van der Waals surface area contributed by atoms with E-state index in [1.165, 1.54) is 29.2 Å². The lowest BCUT2D eigenvalue weighted by atomic mass is 10.0. The summed E-state index contributed by atoms with van der Waals surface area (Å²) in [5.41, 5.74) is 0.261. The number of benzene rings is 2. The molecule has 0 saturated carbocycles. The van der Waals surface area contributed by atoms with Crippen LogP contribution in [-0.2, 0) is 4.79 Å². The number of para-hydroxylation sites is 1. The molecule has 0 N–H and O–H groups in total. The van der Waals surface area contributed by atoms with Gasteiger partial charge in [-0.3, -0.25) is 19.8 Å². The normalized spacial score (nSPS) is 17.0. The molecule has 0 radical (unpaired) electrons. The lowest BCUT2D eigenvalue weighted by molar-refractivity contribution is -0.384. The quantitative estimate of drug-likeness (QED) is 0.507. The van der Waals surface area contributed by atoms with Gasteiger partial charge in [0.2, 0.25) is 5.91 Å². The van der Waals surface area contributed by atoms with E-state index in [-0.39, 0.29) is 29.5 Å². The Labute approximate surface area is 155 Å². The lowest BCUT2D eigenvalue weighted by Gasteiger charge is -2.26. The van der Waals surface area contributed by atoms with Crippen molar-refractivity contribution >= 4 is 33.2 Å². The van der Waals surface area contributed by atoms with Crippen molar-refractivity contribution in [3.8, 4) is 5.75 Å². The molecule has 2 aromatic rings. The van der Waals surface area contributed by atoms with Crippen molar-refractivity contribution in [2.75, 3.05) is 4.90 Å². The lowest BCUT2D eigenvalue weighted by Crippen LogP contribution is -2.28. The minimum absolute atomic E-state index is 0.0511. The summed E-state index contributed by atoms with van der Waals surface area (Å²) in [7, 11) is 0. The van der Waals surface area contributed by atoms with Crippen molar-refractivity contribution in [2.45, 2.75) is 25.5 Å². The van der Waals surface area contributed by atoms with Gasteiger partial charge >= 0.3 is 6.61 Å². The standard InChI is InChI=1S/C17H13BrF2N2O4/c18-10-5-6-13(22(24)25)14(9-10)21-12(7-8-16(21)23)11-3-1-2-4-15(11)26-17(19)20/h1-6,9,12,17H,7-8H2. The van der Waals surface area contributed by atoms with E-state index < -0.39 is 17.6 Å². The Balaban J connectivity index is 2.10. The molecule has 136 valence electrons. The first-order chi connectivity index (χ1) is 12.4. The van der Waals surface area contributed by atoms with Gasteiger partial charge in [-0.25, -0.2) is 0 Å². The predicted octanol–water partition coefficient (Wildman–Crippen LogP) is 4.83. The van der Waals surface area contributed by atoms with Crippen LogP contribution in [0, 0.1) is 10.1 Å². The summed E-state index contributed by atoms with van der Waals surface area (Å²) in [6.45, 7) is -3.01. The fourth-order valence-corrected chi connectivity index (χ4v) is 3.43. The van der Waals surface area contributed by atoms with E-state index in [2.05, 4.69) is 20.7 Å². The van der Waals surface area contributed by atoms with Gasteiger partial charge in [0.1, 0.15) is 11.4 Å². The molecular formula is C17H13BrF2N2O4. The monoisotopic (exact) mass is 426 g/mol. The van der Waals surface area contributed by atoms with Gasteiger partial charge in [0, 0.05) is 22.5 Å². The van der Waals surface area contributed by atoms with Crippen LogP contribution in [0.5, 0.6) is 5.75 Å². The number of nitrogens with zero attached hydrogens (tertiary/aromatic N) is 2. The Hall–Kier alpha value is -2.55. The van der Waals surface area contributed by atoms with Crippen LogP contribution in [0.2, 0.25) is 0 Å². The molecule has 0 aromatic heterocycles. The molecule has 1 aliphatic rings. The van der Waals surface area contributed by atoms with Gasteiger partial charge in [0.05, 0.1) is 11.0 Å². The molecule has 1 fully saturated rings.